The van der Waals surface area contributed by atoms with Gasteiger partial charge in [0, 0.05) is 16.2 Å². The molecule has 0 aromatic heterocycles. The van der Waals surface area contributed by atoms with E-state index >= 15 is 0 Å². The average Bonchev–Trinajstić information content (AvgIpc) is 2.65. The average molecular weight is 361 g/mol. The van der Waals surface area contributed by atoms with Crippen LogP contribution in [0.1, 0.15) is 16.8 Å². The maximum absolute atomic E-state index is 12.3. The van der Waals surface area contributed by atoms with Gasteiger partial charge in [-0.1, -0.05) is 18.2 Å². The van der Waals surface area contributed by atoms with Crippen LogP contribution in [0.5, 0.6) is 5.75 Å². The molecule has 0 saturated carbocycles. The smallest absolute Gasteiger partial charge is 0.328 e. The molecule has 132 valence electrons. The number of nitrogens with one attached hydrogen (secondary N) is 1. The largest absolute Gasteiger partial charge is 0.508 e. The number of esters is 1. The molecule has 7 heteroatoms. The van der Waals surface area contributed by atoms with Crippen LogP contribution in [-0.4, -0.2) is 40.1 Å². The standard InChI is InChI=1S/C18H19NO5S/c1-24-18(22)16(11-12-25(23)15-5-3-2-4-6-15)19-17(21)13-7-9-14(20)10-8-13/h2-10,16,20H,11-12H2,1H3,(H,19,21)/t16-,25-/m1/s1. The van der Waals surface area contributed by atoms with Crippen molar-refractivity contribution < 1.29 is 23.6 Å². The van der Waals surface area contributed by atoms with Gasteiger partial charge in [-0.2, -0.15) is 0 Å². The number of hydrogen-bond acceptors (Lipinski definition) is 5. The van der Waals surface area contributed by atoms with Gasteiger partial charge in [-0.15, -0.1) is 0 Å². The van der Waals surface area contributed by atoms with Crippen LogP contribution >= 0.6 is 0 Å². The van der Waals surface area contributed by atoms with Crippen LogP contribution in [-0.2, 0) is 20.3 Å². The zero-order valence-corrected chi connectivity index (χ0v) is 14.5. The van der Waals surface area contributed by atoms with E-state index in [1.165, 1.54) is 31.4 Å². The second-order valence-corrected chi connectivity index (χ2v) is 6.82. The van der Waals surface area contributed by atoms with Gasteiger partial charge in [-0.05, 0) is 42.8 Å². The van der Waals surface area contributed by atoms with Crippen molar-refractivity contribution >= 4 is 22.7 Å². The Labute approximate surface area is 148 Å². The van der Waals surface area contributed by atoms with E-state index in [0.717, 1.165) is 0 Å². The molecule has 0 aliphatic heterocycles. The zero-order valence-electron chi connectivity index (χ0n) is 13.7. The molecule has 2 rings (SSSR count). The molecular weight excluding hydrogens is 342 g/mol. The highest BCUT2D eigenvalue weighted by Crippen LogP contribution is 2.11. The lowest BCUT2D eigenvalue weighted by Crippen LogP contribution is -2.42. The lowest BCUT2D eigenvalue weighted by Gasteiger charge is -2.16. The second-order valence-electron chi connectivity index (χ2n) is 5.25. The van der Waals surface area contributed by atoms with E-state index < -0.39 is 28.7 Å². The molecule has 0 aliphatic rings. The Morgan fingerprint density at radius 3 is 2.36 bits per heavy atom. The van der Waals surface area contributed by atoms with Crippen LogP contribution in [0.2, 0.25) is 0 Å². The number of phenolic OH excluding ortho intramolecular Hbond substituents is 1. The summed E-state index contributed by atoms with van der Waals surface area (Å²) in [5.41, 5.74) is 0.302. The minimum absolute atomic E-state index is 0.0410. The third kappa shape index (κ3) is 5.42. The number of carbonyl (C=O) groups excluding carboxylic acids is 2. The molecule has 0 aliphatic carbocycles. The summed E-state index contributed by atoms with van der Waals surface area (Å²) in [5, 5.41) is 11.8. The van der Waals surface area contributed by atoms with E-state index in [1.807, 2.05) is 6.07 Å². The summed E-state index contributed by atoms with van der Waals surface area (Å²) in [4.78, 5) is 24.8. The maximum atomic E-state index is 12.3. The molecule has 1 amide bonds. The monoisotopic (exact) mass is 361 g/mol. The van der Waals surface area contributed by atoms with Crippen molar-refractivity contribution in [1.82, 2.24) is 5.32 Å². The SMILES string of the molecule is COC(=O)[C@@H](CC[S@@](=O)c1ccccc1)NC(=O)c1ccc(O)cc1. The van der Waals surface area contributed by atoms with Gasteiger partial charge in [-0.25, -0.2) is 4.79 Å². The third-order valence-corrected chi connectivity index (χ3v) is 4.92. The molecule has 0 saturated heterocycles. The Kier molecular flexibility index (Phi) is 6.71. The van der Waals surface area contributed by atoms with Crippen molar-refractivity contribution in [2.24, 2.45) is 0 Å². The van der Waals surface area contributed by atoms with Crippen LogP contribution < -0.4 is 5.32 Å². The molecule has 25 heavy (non-hydrogen) atoms. The molecule has 0 unspecified atom stereocenters. The van der Waals surface area contributed by atoms with Crippen molar-refractivity contribution in [3.05, 3.63) is 60.2 Å². The van der Waals surface area contributed by atoms with Gasteiger partial charge in [0.1, 0.15) is 11.8 Å². The number of rotatable bonds is 7. The lowest BCUT2D eigenvalue weighted by atomic mass is 10.1. The van der Waals surface area contributed by atoms with Crippen molar-refractivity contribution in [3.63, 3.8) is 0 Å². The predicted octanol–water partition coefficient (Wildman–Crippen LogP) is 1.86. The molecule has 0 heterocycles. The van der Waals surface area contributed by atoms with Gasteiger partial charge in [-0.3, -0.25) is 9.00 Å². The minimum Gasteiger partial charge on any atom is -0.508 e. The highest BCUT2D eigenvalue weighted by atomic mass is 32.2. The molecule has 0 spiro atoms. The van der Waals surface area contributed by atoms with E-state index in [4.69, 9.17) is 4.74 Å². The first-order valence-electron chi connectivity index (χ1n) is 7.62. The van der Waals surface area contributed by atoms with Gasteiger partial charge >= 0.3 is 5.97 Å². The molecule has 2 atom stereocenters. The number of methoxy groups -OCH3 is 1. The van der Waals surface area contributed by atoms with Gasteiger partial charge < -0.3 is 15.2 Å². The normalized spacial score (nSPS) is 12.8. The van der Waals surface area contributed by atoms with Crippen LogP contribution in [0.15, 0.2) is 59.5 Å². The number of ether oxygens (including phenoxy) is 1. The highest BCUT2D eigenvalue weighted by Gasteiger charge is 2.23. The number of benzene rings is 2. The molecule has 2 aromatic carbocycles. The van der Waals surface area contributed by atoms with Crippen LogP contribution in [0.25, 0.3) is 0 Å². The first kappa shape index (κ1) is 18.7. The van der Waals surface area contributed by atoms with E-state index in [2.05, 4.69) is 5.32 Å². The Morgan fingerprint density at radius 2 is 1.76 bits per heavy atom. The van der Waals surface area contributed by atoms with Gasteiger partial charge in [0.05, 0.1) is 17.9 Å². The number of hydrogen-bond donors (Lipinski definition) is 2. The van der Waals surface area contributed by atoms with Crippen molar-refractivity contribution in [3.8, 4) is 5.75 Å². The quantitative estimate of drug-likeness (QED) is 0.735. The number of amides is 1. The van der Waals surface area contributed by atoms with Crippen molar-refractivity contribution in [2.45, 2.75) is 17.4 Å². The maximum Gasteiger partial charge on any atom is 0.328 e. The summed E-state index contributed by atoms with van der Waals surface area (Å²) in [6.45, 7) is 0. The Hall–Kier alpha value is -2.67. The molecule has 0 bridgehead atoms. The predicted molar refractivity (Wildman–Crippen MR) is 93.7 cm³/mol. The van der Waals surface area contributed by atoms with E-state index in [9.17, 15) is 18.9 Å². The molecule has 6 nitrogen and oxygen atoms in total. The van der Waals surface area contributed by atoms with E-state index in [0.29, 0.717) is 10.5 Å². The molecule has 0 fully saturated rings. The summed E-state index contributed by atoms with van der Waals surface area (Å²) in [7, 11) is -0.0447. The summed E-state index contributed by atoms with van der Waals surface area (Å²) < 4.78 is 17.0. The second kappa shape index (κ2) is 8.98. The van der Waals surface area contributed by atoms with Gasteiger partial charge in [0.25, 0.3) is 5.91 Å². The number of carbonyl (C=O) groups is 2. The Bertz CT molecular complexity index is 746. The van der Waals surface area contributed by atoms with E-state index in [-0.39, 0.29) is 17.9 Å². The fraction of sp³-hybridized carbons (Fsp3) is 0.222. The summed E-state index contributed by atoms with van der Waals surface area (Å²) >= 11 is 0. The molecule has 2 N–H and O–H groups in total. The fourth-order valence-corrected chi connectivity index (χ4v) is 3.31. The number of aromatic hydroxyl groups is 1. The minimum atomic E-state index is -1.28. The zero-order chi connectivity index (χ0) is 18.2. The first-order valence-corrected chi connectivity index (χ1v) is 8.94. The summed E-state index contributed by atoms with van der Waals surface area (Å²) in [6, 6.07) is 13.7. The Balaban J connectivity index is 2.01. The Morgan fingerprint density at radius 1 is 1.12 bits per heavy atom. The first-order chi connectivity index (χ1) is 12.0. The molecule has 0 radical (unpaired) electrons. The van der Waals surface area contributed by atoms with Gasteiger partial charge in [0.15, 0.2) is 0 Å². The summed E-state index contributed by atoms with van der Waals surface area (Å²) in [6.07, 6.45) is 0.179. The highest BCUT2D eigenvalue weighted by molar-refractivity contribution is 7.85. The van der Waals surface area contributed by atoms with Gasteiger partial charge in [0.2, 0.25) is 0 Å². The summed E-state index contributed by atoms with van der Waals surface area (Å²) in [5.74, 6) is -0.822. The third-order valence-electron chi connectivity index (χ3n) is 3.52. The van der Waals surface area contributed by atoms with Crippen LogP contribution in [0.3, 0.4) is 0 Å². The topological polar surface area (TPSA) is 92.7 Å². The van der Waals surface area contributed by atoms with Crippen molar-refractivity contribution in [2.75, 3.05) is 12.9 Å². The van der Waals surface area contributed by atoms with Crippen molar-refractivity contribution in [1.29, 1.82) is 0 Å². The molecule has 2 aromatic rings. The molecular formula is C18H19NO5S. The fourth-order valence-electron chi connectivity index (χ4n) is 2.16. The number of phenols is 1. The van der Waals surface area contributed by atoms with Crippen LogP contribution in [0, 0.1) is 0 Å². The van der Waals surface area contributed by atoms with E-state index in [1.54, 1.807) is 24.3 Å². The van der Waals surface area contributed by atoms with Crippen LogP contribution in [0.4, 0.5) is 0 Å². The lowest BCUT2D eigenvalue weighted by molar-refractivity contribution is -0.142.